The van der Waals surface area contributed by atoms with Crippen LogP contribution in [0.4, 0.5) is 0 Å². The van der Waals surface area contributed by atoms with Crippen molar-refractivity contribution < 1.29 is 5.11 Å². The third kappa shape index (κ3) is 2.99. The molecule has 0 radical (unpaired) electrons. The van der Waals surface area contributed by atoms with Gasteiger partial charge in [0.05, 0.1) is 11.6 Å². The Bertz CT molecular complexity index is 739. The van der Waals surface area contributed by atoms with Crippen molar-refractivity contribution in [1.29, 1.82) is 0 Å². The summed E-state index contributed by atoms with van der Waals surface area (Å²) in [5, 5.41) is 18.8. The van der Waals surface area contributed by atoms with E-state index in [4.69, 9.17) is 0 Å². The number of para-hydroxylation sites is 1. The fourth-order valence-electron chi connectivity index (χ4n) is 2.41. The van der Waals surface area contributed by atoms with Crippen molar-refractivity contribution in [2.45, 2.75) is 19.6 Å². The molecule has 3 rings (SSSR count). The van der Waals surface area contributed by atoms with E-state index in [-0.39, 0.29) is 5.92 Å². The molecule has 0 saturated heterocycles. The highest BCUT2D eigenvalue weighted by atomic mass is 79.9. The van der Waals surface area contributed by atoms with Gasteiger partial charge in [0.25, 0.3) is 0 Å². The molecule has 5 heteroatoms. The van der Waals surface area contributed by atoms with Crippen LogP contribution in [0, 0.1) is 5.92 Å². The third-order valence-electron chi connectivity index (χ3n) is 3.63. The Morgan fingerprint density at radius 3 is 2.62 bits per heavy atom. The third-order valence-corrected chi connectivity index (χ3v) is 4.16. The Hall–Kier alpha value is -1.72. The van der Waals surface area contributed by atoms with Gasteiger partial charge >= 0.3 is 0 Å². The molecule has 0 aliphatic heterocycles. The standard InChI is InChI=1S/C16H16BrN3O/c1-11(16(21)12-6-8-13(17)9-7-12)10-20-15-5-3-2-4-14(15)18-19-20/h2-9,11,16,21H,10H2,1H3/t11-,16+/m0/s1. The van der Waals surface area contributed by atoms with Crippen LogP contribution in [0.3, 0.4) is 0 Å². The maximum atomic E-state index is 10.5. The van der Waals surface area contributed by atoms with Gasteiger partial charge in [0.1, 0.15) is 5.52 Å². The Morgan fingerprint density at radius 1 is 1.14 bits per heavy atom. The molecule has 1 N–H and O–H groups in total. The fourth-order valence-corrected chi connectivity index (χ4v) is 2.68. The normalized spacial score (nSPS) is 14.2. The molecular formula is C16H16BrN3O. The van der Waals surface area contributed by atoms with Crippen molar-refractivity contribution in [3.63, 3.8) is 0 Å². The zero-order valence-corrected chi connectivity index (χ0v) is 13.2. The molecule has 0 fully saturated rings. The van der Waals surface area contributed by atoms with Crippen molar-refractivity contribution in [1.82, 2.24) is 15.0 Å². The molecule has 0 spiro atoms. The quantitative estimate of drug-likeness (QED) is 0.786. The smallest absolute Gasteiger partial charge is 0.113 e. The average Bonchev–Trinajstić information content (AvgIpc) is 2.91. The van der Waals surface area contributed by atoms with Crippen molar-refractivity contribution in [2.24, 2.45) is 5.92 Å². The summed E-state index contributed by atoms with van der Waals surface area (Å²) in [5.41, 5.74) is 2.78. The predicted octanol–water partition coefficient (Wildman–Crippen LogP) is 3.56. The summed E-state index contributed by atoms with van der Waals surface area (Å²) in [7, 11) is 0. The lowest BCUT2D eigenvalue weighted by molar-refractivity contribution is 0.106. The van der Waals surface area contributed by atoms with Gasteiger partial charge in [-0.2, -0.15) is 0 Å². The molecule has 4 nitrogen and oxygen atoms in total. The number of hydrogen-bond acceptors (Lipinski definition) is 3. The lowest BCUT2D eigenvalue weighted by Crippen LogP contribution is -2.16. The average molecular weight is 346 g/mol. The minimum Gasteiger partial charge on any atom is -0.388 e. The number of hydrogen-bond donors (Lipinski definition) is 1. The molecule has 21 heavy (non-hydrogen) atoms. The van der Waals surface area contributed by atoms with Crippen LogP contribution in [0.2, 0.25) is 0 Å². The van der Waals surface area contributed by atoms with E-state index < -0.39 is 6.10 Å². The first-order chi connectivity index (χ1) is 10.1. The Morgan fingerprint density at radius 2 is 1.86 bits per heavy atom. The molecule has 3 aromatic rings. The SMILES string of the molecule is C[C@@H](Cn1nnc2ccccc21)[C@@H](O)c1ccc(Br)cc1. The van der Waals surface area contributed by atoms with E-state index in [1.807, 2.05) is 60.1 Å². The number of benzene rings is 2. The Labute approximate surface area is 131 Å². The summed E-state index contributed by atoms with van der Waals surface area (Å²) in [4.78, 5) is 0. The largest absolute Gasteiger partial charge is 0.388 e. The number of aliphatic hydroxyl groups excluding tert-OH is 1. The van der Waals surface area contributed by atoms with E-state index in [9.17, 15) is 5.11 Å². The van der Waals surface area contributed by atoms with E-state index >= 15 is 0 Å². The molecule has 0 saturated carbocycles. The van der Waals surface area contributed by atoms with Gasteiger partial charge in [0.15, 0.2) is 0 Å². The van der Waals surface area contributed by atoms with Crippen LogP contribution in [-0.2, 0) is 6.54 Å². The molecular weight excluding hydrogens is 330 g/mol. The van der Waals surface area contributed by atoms with Crippen molar-refractivity contribution in [3.05, 3.63) is 58.6 Å². The molecule has 108 valence electrons. The second-order valence-electron chi connectivity index (χ2n) is 5.23. The summed E-state index contributed by atoms with van der Waals surface area (Å²) in [6.07, 6.45) is -0.527. The lowest BCUT2D eigenvalue weighted by Gasteiger charge is -2.19. The van der Waals surface area contributed by atoms with Gasteiger partial charge < -0.3 is 5.11 Å². The fraction of sp³-hybridized carbons (Fsp3) is 0.250. The Kier molecular flexibility index (Phi) is 4.03. The van der Waals surface area contributed by atoms with E-state index in [1.165, 1.54) is 0 Å². The second kappa shape index (κ2) is 5.95. The van der Waals surface area contributed by atoms with Gasteiger partial charge in [-0.25, -0.2) is 4.68 Å². The summed E-state index contributed by atoms with van der Waals surface area (Å²) in [5.74, 6) is 0.0382. The van der Waals surface area contributed by atoms with Crippen LogP contribution in [0.5, 0.6) is 0 Å². The van der Waals surface area contributed by atoms with Crippen LogP contribution in [0.25, 0.3) is 11.0 Å². The van der Waals surface area contributed by atoms with Gasteiger partial charge in [-0.15, -0.1) is 5.10 Å². The zero-order chi connectivity index (χ0) is 14.8. The second-order valence-corrected chi connectivity index (χ2v) is 6.15. The molecule has 1 heterocycles. The van der Waals surface area contributed by atoms with Crippen LogP contribution in [0.1, 0.15) is 18.6 Å². The van der Waals surface area contributed by atoms with E-state index in [2.05, 4.69) is 26.2 Å². The van der Waals surface area contributed by atoms with Gasteiger partial charge in [-0.05, 0) is 29.8 Å². The molecule has 0 unspecified atom stereocenters. The molecule has 0 bridgehead atoms. The minimum absolute atomic E-state index is 0.0382. The number of halogens is 1. The number of nitrogens with zero attached hydrogens (tertiary/aromatic N) is 3. The number of rotatable bonds is 4. The van der Waals surface area contributed by atoms with E-state index in [1.54, 1.807) is 0 Å². The number of fused-ring (bicyclic) bond motifs is 1. The number of aliphatic hydroxyl groups is 1. The highest BCUT2D eigenvalue weighted by molar-refractivity contribution is 9.10. The van der Waals surface area contributed by atoms with Crippen LogP contribution < -0.4 is 0 Å². The molecule has 2 atom stereocenters. The highest BCUT2D eigenvalue weighted by Gasteiger charge is 2.18. The van der Waals surface area contributed by atoms with Gasteiger partial charge in [0, 0.05) is 16.9 Å². The van der Waals surface area contributed by atoms with Crippen LogP contribution >= 0.6 is 15.9 Å². The van der Waals surface area contributed by atoms with Crippen LogP contribution in [0.15, 0.2) is 53.0 Å². The number of aromatic nitrogens is 3. The van der Waals surface area contributed by atoms with Crippen molar-refractivity contribution >= 4 is 27.0 Å². The van der Waals surface area contributed by atoms with E-state index in [0.29, 0.717) is 6.54 Å². The molecule has 0 aliphatic carbocycles. The first kappa shape index (κ1) is 14.2. The van der Waals surface area contributed by atoms with Crippen molar-refractivity contribution in [3.8, 4) is 0 Å². The monoisotopic (exact) mass is 345 g/mol. The summed E-state index contributed by atoms with van der Waals surface area (Å²) < 4.78 is 2.86. The topological polar surface area (TPSA) is 50.9 Å². The van der Waals surface area contributed by atoms with Gasteiger partial charge in [0.2, 0.25) is 0 Å². The van der Waals surface area contributed by atoms with Crippen molar-refractivity contribution in [2.75, 3.05) is 0 Å². The summed E-state index contributed by atoms with van der Waals surface area (Å²) >= 11 is 3.40. The maximum Gasteiger partial charge on any atom is 0.113 e. The van der Waals surface area contributed by atoms with Gasteiger partial charge in [-0.3, -0.25) is 0 Å². The van der Waals surface area contributed by atoms with E-state index in [0.717, 1.165) is 21.1 Å². The lowest BCUT2D eigenvalue weighted by atomic mass is 9.97. The maximum absolute atomic E-state index is 10.5. The molecule has 0 amide bonds. The first-order valence-electron chi connectivity index (χ1n) is 6.87. The molecule has 0 aliphatic rings. The first-order valence-corrected chi connectivity index (χ1v) is 7.66. The van der Waals surface area contributed by atoms with Crippen LogP contribution in [-0.4, -0.2) is 20.1 Å². The summed E-state index contributed by atoms with van der Waals surface area (Å²) in [6, 6.07) is 15.6. The molecule has 2 aromatic carbocycles. The van der Waals surface area contributed by atoms with Gasteiger partial charge in [-0.1, -0.05) is 52.3 Å². The molecule has 1 aromatic heterocycles. The minimum atomic E-state index is -0.527. The zero-order valence-electron chi connectivity index (χ0n) is 11.6. The highest BCUT2D eigenvalue weighted by Crippen LogP contribution is 2.25. The Balaban J connectivity index is 1.79. The predicted molar refractivity (Wildman–Crippen MR) is 85.8 cm³/mol. The summed E-state index contributed by atoms with van der Waals surface area (Å²) in [6.45, 7) is 2.64.